The van der Waals surface area contributed by atoms with Crippen molar-refractivity contribution in [1.82, 2.24) is 0 Å². The maximum Gasteiger partial charge on any atom is 0.338 e. The van der Waals surface area contributed by atoms with Crippen LogP contribution in [0.15, 0.2) is 48.5 Å². The summed E-state index contributed by atoms with van der Waals surface area (Å²) >= 11 is 0. The first-order chi connectivity index (χ1) is 14.4. The Kier molecular flexibility index (Phi) is 6.88. The van der Waals surface area contributed by atoms with Gasteiger partial charge >= 0.3 is 11.9 Å². The van der Waals surface area contributed by atoms with Crippen molar-refractivity contribution in [3.63, 3.8) is 0 Å². The molecule has 1 saturated heterocycles. The van der Waals surface area contributed by atoms with Crippen molar-refractivity contribution in [2.24, 2.45) is 0 Å². The van der Waals surface area contributed by atoms with Crippen molar-refractivity contribution in [3.8, 4) is 11.5 Å². The van der Waals surface area contributed by atoms with Gasteiger partial charge in [0.05, 0.1) is 25.3 Å². The Labute approximate surface area is 172 Å². The molecule has 1 fully saturated rings. The Bertz CT molecular complexity index is 863. The van der Waals surface area contributed by atoms with Crippen molar-refractivity contribution in [2.45, 2.75) is 24.6 Å². The summed E-state index contributed by atoms with van der Waals surface area (Å²) in [5.41, 5.74) is 0.500. The Hall–Kier alpha value is -3.14. The predicted octanol–water partition coefficient (Wildman–Crippen LogP) is 1.16. The second-order valence-electron chi connectivity index (χ2n) is 6.48. The van der Waals surface area contributed by atoms with Gasteiger partial charge in [0.25, 0.3) is 0 Å². The molecule has 1 aliphatic heterocycles. The molecule has 1 unspecified atom stereocenters. The first kappa shape index (κ1) is 21.6. The summed E-state index contributed by atoms with van der Waals surface area (Å²) < 4.78 is 25.8. The maximum atomic E-state index is 12.4. The highest BCUT2D eigenvalue weighted by Gasteiger charge is 2.46. The summed E-state index contributed by atoms with van der Waals surface area (Å²) in [5.74, 6) is -0.222. The summed E-state index contributed by atoms with van der Waals surface area (Å²) in [6, 6.07) is 12.4. The van der Waals surface area contributed by atoms with Crippen LogP contribution in [0, 0.1) is 0 Å². The largest absolute Gasteiger partial charge is 0.497 e. The first-order valence-corrected chi connectivity index (χ1v) is 9.10. The molecule has 9 heteroatoms. The highest BCUT2D eigenvalue weighted by atomic mass is 16.7. The van der Waals surface area contributed by atoms with Crippen molar-refractivity contribution in [2.75, 3.05) is 20.8 Å². The number of hydrogen-bond donors (Lipinski definition) is 2. The molecular formula is C21H22O9. The lowest BCUT2D eigenvalue weighted by molar-refractivity contribution is -0.133. The molecule has 0 radical (unpaired) electrons. The number of esters is 2. The minimum Gasteiger partial charge on any atom is -0.497 e. The highest BCUT2D eigenvalue weighted by molar-refractivity contribution is 5.90. The summed E-state index contributed by atoms with van der Waals surface area (Å²) in [7, 11) is 3.01. The van der Waals surface area contributed by atoms with Gasteiger partial charge in [-0.05, 0) is 48.5 Å². The Morgan fingerprint density at radius 3 is 1.87 bits per heavy atom. The number of methoxy groups -OCH3 is 2. The molecule has 0 bridgehead atoms. The van der Waals surface area contributed by atoms with E-state index in [1.807, 2.05) is 0 Å². The van der Waals surface area contributed by atoms with E-state index in [1.165, 1.54) is 38.5 Å². The number of rotatable bonds is 7. The molecule has 1 heterocycles. The van der Waals surface area contributed by atoms with Gasteiger partial charge in [-0.1, -0.05) is 0 Å². The van der Waals surface area contributed by atoms with Crippen LogP contribution in [0.3, 0.4) is 0 Å². The lowest BCUT2D eigenvalue weighted by Gasteiger charge is -2.20. The molecule has 3 rings (SSSR count). The SMILES string of the molecule is COc1ccc(C(=O)OC[C@H]2OC(O)[C@H](O)[C@H]2OC(=O)c2ccc(OC)cc2)cc1. The van der Waals surface area contributed by atoms with Gasteiger partial charge in [0, 0.05) is 0 Å². The van der Waals surface area contributed by atoms with E-state index in [9.17, 15) is 19.8 Å². The van der Waals surface area contributed by atoms with Crippen LogP contribution < -0.4 is 9.47 Å². The number of aliphatic hydroxyl groups excluding tert-OH is 2. The number of benzene rings is 2. The highest BCUT2D eigenvalue weighted by Crippen LogP contribution is 2.25. The summed E-state index contributed by atoms with van der Waals surface area (Å²) in [6.45, 7) is -0.334. The smallest absolute Gasteiger partial charge is 0.338 e. The fraction of sp³-hybridized carbons (Fsp3) is 0.333. The summed E-state index contributed by atoms with van der Waals surface area (Å²) in [6.07, 6.45) is -5.34. The van der Waals surface area contributed by atoms with Crippen molar-refractivity contribution >= 4 is 11.9 Å². The standard InChI is InChI=1S/C21H22O9/c1-26-14-7-3-12(4-8-14)19(23)28-11-16-18(17(22)21(25)29-16)30-20(24)13-5-9-15(27-2)10-6-13/h3-10,16-18,21-22,25H,11H2,1-2H3/t16-,17-,18+,21?/m1/s1. The van der Waals surface area contributed by atoms with Crippen LogP contribution in [0.4, 0.5) is 0 Å². The number of carbonyl (C=O) groups excluding carboxylic acids is 2. The zero-order chi connectivity index (χ0) is 21.7. The van der Waals surface area contributed by atoms with Crippen molar-refractivity contribution in [1.29, 1.82) is 0 Å². The van der Waals surface area contributed by atoms with E-state index in [0.29, 0.717) is 11.5 Å². The van der Waals surface area contributed by atoms with E-state index in [0.717, 1.165) is 0 Å². The van der Waals surface area contributed by atoms with Gasteiger partial charge in [0.2, 0.25) is 0 Å². The monoisotopic (exact) mass is 418 g/mol. The molecule has 1 aliphatic rings. The van der Waals surface area contributed by atoms with Crippen LogP contribution in [-0.2, 0) is 14.2 Å². The minimum absolute atomic E-state index is 0.221. The maximum absolute atomic E-state index is 12.4. The molecule has 2 N–H and O–H groups in total. The number of carbonyl (C=O) groups is 2. The van der Waals surface area contributed by atoms with E-state index in [1.54, 1.807) is 24.3 Å². The zero-order valence-corrected chi connectivity index (χ0v) is 16.4. The second kappa shape index (κ2) is 9.57. The summed E-state index contributed by atoms with van der Waals surface area (Å²) in [5, 5.41) is 19.9. The van der Waals surface area contributed by atoms with E-state index in [-0.39, 0.29) is 17.7 Å². The molecule has 160 valence electrons. The molecule has 2 aromatic carbocycles. The molecule has 0 spiro atoms. The molecule has 4 atom stereocenters. The normalized spacial score (nSPS) is 22.9. The number of aliphatic hydroxyl groups is 2. The van der Waals surface area contributed by atoms with Gasteiger partial charge in [-0.2, -0.15) is 0 Å². The lowest BCUT2D eigenvalue weighted by atomic mass is 10.1. The van der Waals surface area contributed by atoms with E-state index >= 15 is 0 Å². The molecule has 30 heavy (non-hydrogen) atoms. The van der Waals surface area contributed by atoms with E-state index in [4.69, 9.17) is 23.7 Å². The van der Waals surface area contributed by atoms with Gasteiger partial charge in [-0.15, -0.1) is 0 Å². The predicted molar refractivity (Wildman–Crippen MR) is 102 cm³/mol. The Morgan fingerprint density at radius 1 is 0.867 bits per heavy atom. The van der Waals surface area contributed by atoms with Gasteiger partial charge in [-0.25, -0.2) is 9.59 Å². The first-order valence-electron chi connectivity index (χ1n) is 9.10. The molecule has 0 aliphatic carbocycles. The quantitative estimate of drug-likeness (QED) is 0.638. The molecule has 2 aromatic rings. The number of hydrogen-bond acceptors (Lipinski definition) is 9. The molecule has 0 saturated carbocycles. The summed E-state index contributed by atoms with van der Waals surface area (Å²) in [4.78, 5) is 24.6. The molecule has 0 amide bonds. The van der Waals surface area contributed by atoms with Crippen molar-refractivity contribution < 1.29 is 43.5 Å². The van der Waals surface area contributed by atoms with Gasteiger partial charge in [-0.3, -0.25) is 0 Å². The number of ether oxygens (including phenoxy) is 5. The third kappa shape index (κ3) is 4.88. The second-order valence-corrected chi connectivity index (χ2v) is 6.48. The van der Waals surface area contributed by atoms with Crippen LogP contribution >= 0.6 is 0 Å². The van der Waals surface area contributed by atoms with Crippen molar-refractivity contribution in [3.05, 3.63) is 59.7 Å². The topological polar surface area (TPSA) is 121 Å². The van der Waals surface area contributed by atoms with Crippen LogP contribution in [0.2, 0.25) is 0 Å². The Morgan fingerprint density at radius 2 is 1.37 bits per heavy atom. The zero-order valence-electron chi connectivity index (χ0n) is 16.4. The van der Waals surface area contributed by atoms with Crippen LogP contribution in [-0.4, -0.2) is 67.6 Å². The average Bonchev–Trinajstić information content (AvgIpc) is 3.05. The average molecular weight is 418 g/mol. The molecular weight excluding hydrogens is 396 g/mol. The van der Waals surface area contributed by atoms with Crippen LogP contribution in [0.25, 0.3) is 0 Å². The minimum atomic E-state index is -1.58. The van der Waals surface area contributed by atoms with Gasteiger partial charge in [0.1, 0.15) is 30.3 Å². The van der Waals surface area contributed by atoms with Gasteiger partial charge in [0.15, 0.2) is 12.4 Å². The van der Waals surface area contributed by atoms with Gasteiger partial charge < -0.3 is 33.9 Å². The van der Waals surface area contributed by atoms with E-state index < -0.39 is 36.5 Å². The molecule has 9 nitrogen and oxygen atoms in total. The third-order valence-electron chi connectivity index (χ3n) is 4.58. The van der Waals surface area contributed by atoms with Crippen LogP contribution in [0.5, 0.6) is 11.5 Å². The molecule has 0 aromatic heterocycles. The lowest BCUT2D eigenvalue weighted by Crippen LogP contribution is -2.39. The Balaban J connectivity index is 1.62. The van der Waals surface area contributed by atoms with E-state index in [2.05, 4.69) is 0 Å². The fourth-order valence-electron chi connectivity index (χ4n) is 2.89. The fourth-order valence-corrected chi connectivity index (χ4v) is 2.89. The van der Waals surface area contributed by atoms with Crippen LogP contribution in [0.1, 0.15) is 20.7 Å². The third-order valence-corrected chi connectivity index (χ3v) is 4.58.